The van der Waals surface area contributed by atoms with Crippen LogP contribution in [0.15, 0.2) is 53.4 Å². The molecule has 0 aliphatic carbocycles. The van der Waals surface area contributed by atoms with Crippen LogP contribution in [0.25, 0.3) is 0 Å². The molecular weight excluding hydrogens is 370 g/mol. The zero-order chi connectivity index (χ0) is 19.6. The maximum absolute atomic E-state index is 12.6. The molecule has 1 aliphatic rings. The fourth-order valence-electron chi connectivity index (χ4n) is 2.94. The summed E-state index contributed by atoms with van der Waals surface area (Å²) in [6.07, 6.45) is 0.111. The molecule has 2 aromatic carbocycles. The van der Waals surface area contributed by atoms with Crippen LogP contribution < -0.4 is 20.1 Å². The summed E-state index contributed by atoms with van der Waals surface area (Å²) in [7, 11) is -2.19. The number of anilines is 1. The largest absolute Gasteiger partial charge is 0.497 e. The van der Waals surface area contributed by atoms with E-state index in [2.05, 4.69) is 0 Å². The predicted octanol–water partition coefficient (Wildman–Crippen LogP) is -0.262. The molecule has 0 saturated carbocycles. The molecule has 0 unspecified atom stereocenters. The standard InChI is InChI=1S/C18H19N3O5S/c1-26-14-6-4-13(5-7-14)21-17(22)10-16(18(21)23)20-11-12-2-8-15(9-3-12)27(19,24)25/h2-9,16,20H,10-11H2,1H3,(H2,19,24,25)/p+1/t16-/m1/s1. The number of quaternary nitrogens is 1. The number of primary sulfonamides is 1. The number of hydrogen-bond acceptors (Lipinski definition) is 5. The lowest BCUT2D eigenvalue weighted by Gasteiger charge is -2.14. The molecule has 0 spiro atoms. The van der Waals surface area contributed by atoms with Gasteiger partial charge in [-0.25, -0.2) is 18.5 Å². The van der Waals surface area contributed by atoms with Crippen LogP contribution in [0.3, 0.4) is 0 Å². The van der Waals surface area contributed by atoms with E-state index in [-0.39, 0.29) is 23.1 Å². The van der Waals surface area contributed by atoms with E-state index in [4.69, 9.17) is 9.88 Å². The maximum atomic E-state index is 12.6. The van der Waals surface area contributed by atoms with Crippen molar-refractivity contribution in [2.45, 2.75) is 23.9 Å². The van der Waals surface area contributed by atoms with Crippen molar-refractivity contribution in [2.24, 2.45) is 5.14 Å². The van der Waals surface area contributed by atoms with E-state index in [9.17, 15) is 18.0 Å². The van der Waals surface area contributed by atoms with E-state index in [0.29, 0.717) is 18.0 Å². The number of methoxy groups -OCH3 is 1. The van der Waals surface area contributed by atoms with E-state index >= 15 is 0 Å². The van der Waals surface area contributed by atoms with Crippen molar-refractivity contribution in [2.75, 3.05) is 12.0 Å². The highest BCUT2D eigenvalue weighted by atomic mass is 32.2. The van der Waals surface area contributed by atoms with Gasteiger partial charge in [0.05, 0.1) is 24.1 Å². The Balaban J connectivity index is 1.66. The van der Waals surface area contributed by atoms with E-state index in [1.165, 1.54) is 17.0 Å². The van der Waals surface area contributed by atoms with Crippen LogP contribution >= 0.6 is 0 Å². The van der Waals surface area contributed by atoms with E-state index in [0.717, 1.165) is 5.56 Å². The SMILES string of the molecule is COc1ccc(N2C(=O)C[C@@H]([NH2+]Cc3ccc(S(N)(=O)=O)cc3)C2=O)cc1. The van der Waals surface area contributed by atoms with Crippen LogP contribution in [0, 0.1) is 0 Å². The summed E-state index contributed by atoms with van der Waals surface area (Å²) in [6.45, 7) is 0.436. The van der Waals surface area contributed by atoms with Gasteiger partial charge in [-0.3, -0.25) is 9.59 Å². The topological polar surface area (TPSA) is 123 Å². The van der Waals surface area contributed by atoms with Crippen LogP contribution in [0.5, 0.6) is 5.75 Å². The van der Waals surface area contributed by atoms with E-state index in [1.807, 2.05) is 0 Å². The highest BCUT2D eigenvalue weighted by molar-refractivity contribution is 7.89. The number of benzene rings is 2. The van der Waals surface area contributed by atoms with Crippen LogP contribution in [0.4, 0.5) is 5.69 Å². The zero-order valence-corrected chi connectivity index (χ0v) is 15.5. The predicted molar refractivity (Wildman–Crippen MR) is 97.3 cm³/mol. The second kappa shape index (κ2) is 7.47. The number of carbonyl (C=O) groups excluding carboxylic acids is 2. The normalized spacial score (nSPS) is 17.4. The van der Waals surface area contributed by atoms with Gasteiger partial charge in [-0.05, 0) is 36.4 Å². The molecule has 3 rings (SSSR count). The van der Waals surface area contributed by atoms with Gasteiger partial charge in [-0.1, -0.05) is 12.1 Å². The zero-order valence-electron chi connectivity index (χ0n) is 14.7. The molecule has 1 saturated heterocycles. The number of hydrogen-bond donors (Lipinski definition) is 2. The molecule has 1 heterocycles. The number of nitrogens with zero attached hydrogens (tertiary/aromatic N) is 1. The van der Waals surface area contributed by atoms with Crippen LogP contribution in [0.1, 0.15) is 12.0 Å². The van der Waals surface area contributed by atoms with Crippen molar-refractivity contribution in [3.8, 4) is 5.75 Å². The van der Waals surface area contributed by atoms with Gasteiger partial charge in [0.2, 0.25) is 15.9 Å². The molecule has 4 N–H and O–H groups in total. The van der Waals surface area contributed by atoms with Gasteiger partial charge in [0.1, 0.15) is 12.3 Å². The first kappa shape index (κ1) is 19.0. The lowest BCUT2D eigenvalue weighted by atomic mass is 10.2. The second-order valence-corrected chi connectivity index (χ2v) is 7.77. The molecule has 142 valence electrons. The van der Waals surface area contributed by atoms with Gasteiger partial charge in [-0.2, -0.15) is 0 Å². The van der Waals surface area contributed by atoms with Gasteiger partial charge in [0.15, 0.2) is 6.04 Å². The van der Waals surface area contributed by atoms with E-state index in [1.54, 1.807) is 48.8 Å². The molecular formula is C18H20N3O5S+. The van der Waals surface area contributed by atoms with Crippen molar-refractivity contribution < 1.29 is 28.1 Å². The first-order valence-corrected chi connectivity index (χ1v) is 9.80. The number of rotatable bonds is 6. The molecule has 8 nitrogen and oxygen atoms in total. The number of imide groups is 1. The van der Waals surface area contributed by atoms with Gasteiger partial charge >= 0.3 is 0 Å². The first-order valence-electron chi connectivity index (χ1n) is 8.25. The Bertz CT molecular complexity index is 955. The lowest BCUT2D eigenvalue weighted by molar-refractivity contribution is -0.690. The quantitative estimate of drug-likeness (QED) is 0.658. The van der Waals surface area contributed by atoms with Crippen molar-refractivity contribution in [3.05, 3.63) is 54.1 Å². The van der Waals surface area contributed by atoms with Crippen LogP contribution in [0.2, 0.25) is 0 Å². The van der Waals surface area contributed by atoms with Crippen molar-refractivity contribution in [1.82, 2.24) is 0 Å². The number of nitrogens with two attached hydrogens (primary N) is 2. The Labute approximate surface area is 157 Å². The minimum absolute atomic E-state index is 0.0315. The minimum atomic E-state index is -3.73. The molecule has 0 aromatic heterocycles. The third-order valence-corrected chi connectivity index (χ3v) is 5.33. The Kier molecular flexibility index (Phi) is 5.26. The summed E-state index contributed by atoms with van der Waals surface area (Å²) in [5.74, 6) is 0.117. The lowest BCUT2D eigenvalue weighted by Crippen LogP contribution is -2.90. The molecule has 1 atom stereocenters. The highest BCUT2D eigenvalue weighted by Gasteiger charge is 2.42. The monoisotopic (exact) mass is 390 g/mol. The van der Waals surface area contributed by atoms with Gasteiger partial charge in [0, 0.05) is 5.56 Å². The number of amides is 2. The van der Waals surface area contributed by atoms with Crippen LogP contribution in [-0.2, 0) is 26.2 Å². The van der Waals surface area contributed by atoms with Gasteiger partial charge in [0.25, 0.3) is 5.91 Å². The Morgan fingerprint density at radius 2 is 1.74 bits per heavy atom. The molecule has 1 fully saturated rings. The summed E-state index contributed by atoms with van der Waals surface area (Å²) in [6, 6.07) is 12.3. The smallest absolute Gasteiger partial charge is 0.292 e. The molecule has 1 aliphatic heterocycles. The Hall–Kier alpha value is -2.75. The molecule has 0 radical (unpaired) electrons. The number of ether oxygens (including phenoxy) is 1. The van der Waals surface area contributed by atoms with Gasteiger partial charge < -0.3 is 10.1 Å². The summed E-state index contributed by atoms with van der Waals surface area (Å²) in [4.78, 5) is 26.1. The van der Waals surface area contributed by atoms with Crippen molar-refractivity contribution in [1.29, 1.82) is 0 Å². The summed E-state index contributed by atoms with van der Waals surface area (Å²) >= 11 is 0. The maximum Gasteiger partial charge on any atom is 0.292 e. The molecule has 2 aromatic rings. The summed E-state index contributed by atoms with van der Waals surface area (Å²) in [5.41, 5.74) is 1.34. The average molecular weight is 390 g/mol. The average Bonchev–Trinajstić information content (AvgIpc) is 2.93. The van der Waals surface area contributed by atoms with E-state index < -0.39 is 16.1 Å². The number of sulfonamides is 1. The summed E-state index contributed by atoms with van der Waals surface area (Å²) < 4.78 is 27.6. The van der Waals surface area contributed by atoms with Crippen molar-refractivity contribution >= 4 is 27.5 Å². The molecule has 9 heteroatoms. The Morgan fingerprint density at radius 1 is 1.11 bits per heavy atom. The fourth-order valence-corrected chi connectivity index (χ4v) is 3.45. The fraction of sp³-hybridized carbons (Fsp3) is 0.222. The molecule has 0 bridgehead atoms. The third-order valence-electron chi connectivity index (χ3n) is 4.40. The Morgan fingerprint density at radius 3 is 2.30 bits per heavy atom. The second-order valence-electron chi connectivity index (χ2n) is 6.20. The summed E-state index contributed by atoms with van der Waals surface area (Å²) in [5, 5.41) is 6.84. The van der Waals surface area contributed by atoms with Gasteiger partial charge in [-0.15, -0.1) is 0 Å². The highest BCUT2D eigenvalue weighted by Crippen LogP contribution is 2.24. The first-order chi connectivity index (χ1) is 12.8. The third kappa shape index (κ3) is 4.16. The van der Waals surface area contributed by atoms with Crippen molar-refractivity contribution in [3.63, 3.8) is 0 Å². The minimum Gasteiger partial charge on any atom is -0.497 e. The molecule has 27 heavy (non-hydrogen) atoms. The number of carbonyl (C=O) groups is 2. The molecule has 2 amide bonds. The van der Waals surface area contributed by atoms with Crippen LogP contribution in [-0.4, -0.2) is 33.4 Å².